The maximum atomic E-state index is 5.68. The zero-order chi connectivity index (χ0) is 14.9. The van der Waals surface area contributed by atoms with Gasteiger partial charge in [0.1, 0.15) is 17.9 Å². The normalized spacial score (nSPS) is 26.4. The van der Waals surface area contributed by atoms with Gasteiger partial charge in [0.25, 0.3) is 0 Å². The Morgan fingerprint density at radius 2 is 2.27 bits per heavy atom. The molecule has 22 heavy (non-hydrogen) atoms. The van der Waals surface area contributed by atoms with Crippen LogP contribution in [0.15, 0.2) is 29.1 Å². The molecule has 1 N–H and O–H groups in total. The van der Waals surface area contributed by atoms with E-state index in [9.17, 15) is 0 Å². The molecule has 0 saturated carbocycles. The molecule has 0 radical (unpaired) electrons. The largest absolute Gasteiger partial charge is 0.468 e. The molecule has 1 saturated heterocycles. The zero-order valence-corrected chi connectivity index (χ0v) is 13.0. The van der Waals surface area contributed by atoms with Crippen molar-refractivity contribution in [2.75, 3.05) is 19.6 Å². The highest BCUT2D eigenvalue weighted by Crippen LogP contribution is 2.32. The second-order valence-electron chi connectivity index (χ2n) is 6.38. The lowest BCUT2D eigenvalue weighted by Gasteiger charge is -2.27. The number of aromatic nitrogens is 3. The fraction of sp³-hybridized carbons (Fsp3) is 0.625. The van der Waals surface area contributed by atoms with Gasteiger partial charge in [0, 0.05) is 6.54 Å². The number of furan rings is 1. The van der Waals surface area contributed by atoms with Gasteiger partial charge in [-0.05, 0) is 51.4 Å². The minimum atomic E-state index is 0.289. The third-order valence-corrected chi connectivity index (χ3v) is 4.92. The highest BCUT2D eigenvalue weighted by Gasteiger charge is 2.32. The van der Waals surface area contributed by atoms with Crippen molar-refractivity contribution in [1.82, 2.24) is 25.0 Å². The topological polar surface area (TPSA) is 59.1 Å². The summed E-state index contributed by atoms with van der Waals surface area (Å²) in [4.78, 5) is 6.94. The Kier molecular flexibility index (Phi) is 3.72. The molecule has 2 aromatic rings. The van der Waals surface area contributed by atoms with Gasteiger partial charge in [-0.3, -0.25) is 4.90 Å². The second-order valence-corrected chi connectivity index (χ2v) is 6.38. The van der Waals surface area contributed by atoms with Crippen LogP contribution in [0.2, 0.25) is 0 Å². The van der Waals surface area contributed by atoms with Gasteiger partial charge < -0.3 is 9.73 Å². The van der Waals surface area contributed by atoms with Crippen LogP contribution in [0.25, 0.3) is 0 Å². The van der Waals surface area contributed by atoms with E-state index in [0.29, 0.717) is 12.1 Å². The lowest BCUT2D eigenvalue weighted by molar-refractivity contribution is 0.204. The maximum Gasteiger partial charge on any atom is 0.144 e. The number of nitrogens with zero attached hydrogens (tertiary/aromatic N) is 4. The Balaban J connectivity index is 1.47. The van der Waals surface area contributed by atoms with E-state index in [1.165, 1.54) is 12.8 Å². The molecule has 4 heterocycles. The molecule has 118 valence electrons. The van der Waals surface area contributed by atoms with E-state index >= 15 is 0 Å². The summed E-state index contributed by atoms with van der Waals surface area (Å²) in [6.07, 6.45) is 7.05. The van der Waals surface area contributed by atoms with Crippen molar-refractivity contribution in [3.63, 3.8) is 0 Å². The summed E-state index contributed by atoms with van der Waals surface area (Å²) >= 11 is 0. The number of likely N-dealkylation sites (tertiary alicyclic amines) is 1. The Hall–Kier alpha value is -1.66. The van der Waals surface area contributed by atoms with Gasteiger partial charge in [0.2, 0.25) is 0 Å². The van der Waals surface area contributed by atoms with E-state index in [-0.39, 0.29) is 6.04 Å². The SMILES string of the molecule is C[C@@H]1C[C@H](NC[C@@H](c2ccco2)N2CCCC2)c2ncnn21. The Bertz CT molecular complexity index is 602. The van der Waals surface area contributed by atoms with Crippen molar-refractivity contribution in [2.45, 2.75) is 44.3 Å². The molecule has 0 aromatic carbocycles. The standard InChI is InChI=1S/C16H23N5O/c1-12-9-13(16-18-11-19-21(12)16)17-10-14(15-5-4-8-22-15)20-6-2-3-7-20/h4-5,8,11-14,17H,2-3,6-7,9-10H2,1H3/t12-,13+,14+/m1/s1. The van der Waals surface area contributed by atoms with Crippen LogP contribution in [0, 0.1) is 0 Å². The van der Waals surface area contributed by atoms with Gasteiger partial charge in [-0.15, -0.1) is 0 Å². The van der Waals surface area contributed by atoms with Gasteiger partial charge in [-0.1, -0.05) is 0 Å². The molecule has 0 unspecified atom stereocenters. The van der Waals surface area contributed by atoms with E-state index in [0.717, 1.165) is 37.6 Å². The fourth-order valence-electron chi connectivity index (χ4n) is 3.77. The molecule has 2 aliphatic heterocycles. The highest BCUT2D eigenvalue weighted by atomic mass is 16.3. The van der Waals surface area contributed by atoms with E-state index in [2.05, 4.69) is 33.3 Å². The Labute approximate surface area is 130 Å². The van der Waals surface area contributed by atoms with Crippen molar-refractivity contribution in [2.24, 2.45) is 0 Å². The van der Waals surface area contributed by atoms with Gasteiger partial charge in [0.05, 0.1) is 24.4 Å². The molecule has 4 rings (SSSR count). The smallest absolute Gasteiger partial charge is 0.144 e. The van der Waals surface area contributed by atoms with Crippen molar-refractivity contribution in [1.29, 1.82) is 0 Å². The molecular formula is C16H23N5O. The lowest BCUT2D eigenvalue weighted by Crippen LogP contribution is -2.35. The first-order valence-electron chi connectivity index (χ1n) is 8.23. The molecule has 1 fully saturated rings. The van der Waals surface area contributed by atoms with Crippen LogP contribution in [0.5, 0.6) is 0 Å². The van der Waals surface area contributed by atoms with E-state index in [1.807, 2.05) is 10.7 Å². The fourth-order valence-corrected chi connectivity index (χ4v) is 3.77. The molecule has 2 aliphatic rings. The number of rotatable bonds is 5. The summed E-state index contributed by atoms with van der Waals surface area (Å²) in [5.41, 5.74) is 0. The summed E-state index contributed by atoms with van der Waals surface area (Å²) in [7, 11) is 0. The average molecular weight is 301 g/mol. The first kappa shape index (κ1) is 14.0. The first-order chi connectivity index (χ1) is 10.8. The lowest BCUT2D eigenvalue weighted by atomic mass is 10.1. The van der Waals surface area contributed by atoms with Crippen LogP contribution in [-0.4, -0.2) is 39.3 Å². The van der Waals surface area contributed by atoms with Crippen molar-refractivity contribution in [3.05, 3.63) is 36.3 Å². The molecule has 0 bridgehead atoms. The van der Waals surface area contributed by atoms with Gasteiger partial charge in [0.15, 0.2) is 0 Å². The first-order valence-corrected chi connectivity index (χ1v) is 8.23. The minimum Gasteiger partial charge on any atom is -0.468 e. The predicted octanol–water partition coefficient (Wildman–Crippen LogP) is 2.30. The molecule has 6 nitrogen and oxygen atoms in total. The van der Waals surface area contributed by atoms with E-state index in [1.54, 1.807) is 12.6 Å². The highest BCUT2D eigenvalue weighted by molar-refractivity contribution is 5.08. The van der Waals surface area contributed by atoms with Crippen molar-refractivity contribution in [3.8, 4) is 0 Å². The van der Waals surface area contributed by atoms with Gasteiger partial charge in [-0.25, -0.2) is 9.67 Å². The summed E-state index contributed by atoms with van der Waals surface area (Å²) < 4.78 is 7.72. The van der Waals surface area contributed by atoms with Gasteiger partial charge >= 0.3 is 0 Å². The summed E-state index contributed by atoms with van der Waals surface area (Å²) in [6.45, 7) is 5.40. The number of hydrogen-bond donors (Lipinski definition) is 1. The monoisotopic (exact) mass is 301 g/mol. The van der Waals surface area contributed by atoms with Crippen LogP contribution in [-0.2, 0) is 0 Å². The zero-order valence-electron chi connectivity index (χ0n) is 13.0. The molecule has 0 amide bonds. The van der Waals surface area contributed by atoms with Gasteiger partial charge in [-0.2, -0.15) is 5.10 Å². The van der Waals surface area contributed by atoms with Crippen molar-refractivity contribution < 1.29 is 4.42 Å². The summed E-state index contributed by atoms with van der Waals surface area (Å²) in [5.74, 6) is 2.12. The Morgan fingerprint density at radius 3 is 3.05 bits per heavy atom. The predicted molar refractivity (Wildman–Crippen MR) is 82.3 cm³/mol. The molecule has 0 spiro atoms. The maximum absolute atomic E-state index is 5.68. The summed E-state index contributed by atoms with van der Waals surface area (Å²) in [6, 6.07) is 5.09. The van der Waals surface area contributed by atoms with E-state index < -0.39 is 0 Å². The summed E-state index contributed by atoms with van der Waals surface area (Å²) in [5, 5.41) is 8.01. The molecule has 6 heteroatoms. The van der Waals surface area contributed by atoms with Crippen LogP contribution in [0.1, 0.15) is 55.9 Å². The van der Waals surface area contributed by atoms with Crippen LogP contribution < -0.4 is 5.32 Å². The van der Waals surface area contributed by atoms with Crippen LogP contribution in [0.4, 0.5) is 0 Å². The molecule has 3 atom stereocenters. The van der Waals surface area contributed by atoms with Crippen molar-refractivity contribution >= 4 is 0 Å². The van der Waals surface area contributed by atoms with Crippen LogP contribution >= 0.6 is 0 Å². The molecule has 2 aromatic heterocycles. The third kappa shape index (κ3) is 2.46. The molecular weight excluding hydrogens is 278 g/mol. The second kappa shape index (κ2) is 5.85. The van der Waals surface area contributed by atoms with Crippen LogP contribution in [0.3, 0.4) is 0 Å². The number of fused-ring (bicyclic) bond motifs is 1. The average Bonchev–Trinajstić information content (AvgIpc) is 3.27. The molecule has 0 aliphatic carbocycles. The minimum absolute atomic E-state index is 0.289. The third-order valence-electron chi connectivity index (χ3n) is 4.92. The number of nitrogens with one attached hydrogen (secondary N) is 1. The Morgan fingerprint density at radius 1 is 1.41 bits per heavy atom. The quantitative estimate of drug-likeness (QED) is 0.918. The van der Waals surface area contributed by atoms with E-state index in [4.69, 9.17) is 4.42 Å². The number of hydrogen-bond acceptors (Lipinski definition) is 5.